The summed E-state index contributed by atoms with van der Waals surface area (Å²) >= 11 is 1.73. The molecule has 1 unspecified atom stereocenters. The van der Waals surface area contributed by atoms with E-state index in [1.54, 1.807) is 18.8 Å². The predicted molar refractivity (Wildman–Crippen MR) is 68.4 cm³/mol. The molecular formula is C12H18N2OS. The second kappa shape index (κ2) is 5.92. The van der Waals surface area contributed by atoms with Gasteiger partial charge in [0.25, 0.3) is 0 Å². The highest BCUT2D eigenvalue weighted by molar-refractivity contribution is 7.99. The Balaban J connectivity index is 2.43. The standard InChI is InChI=1S/C12H18N2OS/c1-12(14-2,11(13)15)8-9-16-10-6-4-3-5-7-10/h3-7,14H,8-9H2,1-2H3,(H2,13,15). The lowest BCUT2D eigenvalue weighted by Gasteiger charge is -2.25. The third-order valence-electron chi connectivity index (χ3n) is 2.71. The highest BCUT2D eigenvalue weighted by Gasteiger charge is 2.28. The van der Waals surface area contributed by atoms with Gasteiger partial charge in [-0.3, -0.25) is 4.79 Å². The van der Waals surface area contributed by atoms with Crippen molar-refractivity contribution in [1.29, 1.82) is 0 Å². The van der Waals surface area contributed by atoms with Crippen LogP contribution in [0.25, 0.3) is 0 Å². The van der Waals surface area contributed by atoms with Gasteiger partial charge >= 0.3 is 0 Å². The van der Waals surface area contributed by atoms with Crippen LogP contribution in [0.3, 0.4) is 0 Å². The zero-order valence-electron chi connectivity index (χ0n) is 9.69. The van der Waals surface area contributed by atoms with Gasteiger partial charge < -0.3 is 11.1 Å². The molecule has 3 nitrogen and oxygen atoms in total. The molecule has 0 aromatic heterocycles. The van der Waals surface area contributed by atoms with E-state index in [4.69, 9.17) is 5.73 Å². The molecular weight excluding hydrogens is 220 g/mol. The lowest BCUT2D eigenvalue weighted by molar-refractivity contribution is -0.123. The van der Waals surface area contributed by atoms with Gasteiger partial charge in [-0.2, -0.15) is 0 Å². The van der Waals surface area contributed by atoms with Crippen LogP contribution in [0.4, 0.5) is 0 Å². The molecule has 3 N–H and O–H groups in total. The quantitative estimate of drug-likeness (QED) is 0.741. The van der Waals surface area contributed by atoms with Crippen LogP contribution in [0.5, 0.6) is 0 Å². The van der Waals surface area contributed by atoms with E-state index in [1.165, 1.54) is 4.90 Å². The Hall–Kier alpha value is -1.00. The molecule has 0 fully saturated rings. The fourth-order valence-electron chi connectivity index (χ4n) is 1.26. The van der Waals surface area contributed by atoms with E-state index in [-0.39, 0.29) is 5.91 Å². The molecule has 1 aromatic carbocycles. The first-order chi connectivity index (χ1) is 7.58. The molecule has 0 aliphatic rings. The fourth-order valence-corrected chi connectivity index (χ4v) is 2.36. The normalized spacial score (nSPS) is 14.4. The van der Waals surface area contributed by atoms with Crippen molar-refractivity contribution < 1.29 is 4.79 Å². The van der Waals surface area contributed by atoms with Gasteiger partial charge in [-0.05, 0) is 32.5 Å². The molecule has 0 aliphatic heterocycles. The van der Waals surface area contributed by atoms with Gasteiger partial charge in [-0.25, -0.2) is 0 Å². The molecule has 0 bridgehead atoms. The average Bonchev–Trinajstić information content (AvgIpc) is 2.30. The van der Waals surface area contributed by atoms with Crippen molar-refractivity contribution in [2.45, 2.75) is 23.8 Å². The number of nitrogens with one attached hydrogen (secondary N) is 1. The Morgan fingerprint density at radius 2 is 2.06 bits per heavy atom. The summed E-state index contributed by atoms with van der Waals surface area (Å²) in [6, 6.07) is 10.1. The minimum Gasteiger partial charge on any atom is -0.368 e. The molecule has 0 saturated carbocycles. The average molecular weight is 238 g/mol. The first-order valence-corrected chi connectivity index (χ1v) is 6.24. The zero-order chi connectivity index (χ0) is 12.0. The summed E-state index contributed by atoms with van der Waals surface area (Å²) in [6.45, 7) is 1.83. The summed E-state index contributed by atoms with van der Waals surface area (Å²) in [5, 5.41) is 2.98. The van der Waals surface area contributed by atoms with E-state index >= 15 is 0 Å². The van der Waals surface area contributed by atoms with Crippen molar-refractivity contribution in [2.24, 2.45) is 5.73 Å². The van der Waals surface area contributed by atoms with Gasteiger partial charge in [0.2, 0.25) is 5.91 Å². The highest BCUT2D eigenvalue weighted by atomic mass is 32.2. The molecule has 0 heterocycles. The smallest absolute Gasteiger partial charge is 0.237 e. The number of hydrogen-bond donors (Lipinski definition) is 2. The van der Waals surface area contributed by atoms with Gasteiger partial charge in [0.15, 0.2) is 0 Å². The highest BCUT2D eigenvalue weighted by Crippen LogP contribution is 2.21. The van der Waals surface area contributed by atoms with Gasteiger partial charge in [-0.15, -0.1) is 11.8 Å². The van der Waals surface area contributed by atoms with E-state index in [2.05, 4.69) is 17.4 Å². The molecule has 0 aliphatic carbocycles. The maximum atomic E-state index is 11.2. The molecule has 16 heavy (non-hydrogen) atoms. The van der Waals surface area contributed by atoms with Crippen molar-refractivity contribution in [3.05, 3.63) is 30.3 Å². The largest absolute Gasteiger partial charge is 0.368 e. The zero-order valence-corrected chi connectivity index (χ0v) is 10.5. The number of amides is 1. The summed E-state index contributed by atoms with van der Waals surface area (Å²) in [4.78, 5) is 12.5. The number of benzene rings is 1. The van der Waals surface area contributed by atoms with Gasteiger partial charge in [-0.1, -0.05) is 18.2 Å². The molecule has 1 aromatic rings. The third kappa shape index (κ3) is 3.54. The second-order valence-electron chi connectivity index (χ2n) is 3.86. The first kappa shape index (κ1) is 13.1. The summed E-state index contributed by atoms with van der Waals surface area (Å²) in [7, 11) is 1.76. The van der Waals surface area contributed by atoms with Gasteiger partial charge in [0, 0.05) is 10.6 Å². The number of primary amides is 1. The lowest BCUT2D eigenvalue weighted by atomic mass is 9.99. The Morgan fingerprint density at radius 3 is 2.56 bits per heavy atom. The van der Waals surface area contributed by atoms with Crippen molar-refractivity contribution in [3.63, 3.8) is 0 Å². The van der Waals surface area contributed by atoms with Crippen LogP contribution >= 0.6 is 11.8 Å². The van der Waals surface area contributed by atoms with Gasteiger partial charge in [0.05, 0.1) is 5.54 Å². The number of hydrogen-bond acceptors (Lipinski definition) is 3. The Kier molecular flexibility index (Phi) is 4.83. The van der Waals surface area contributed by atoms with Crippen LogP contribution < -0.4 is 11.1 Å². The topological polar surface area (TPSA) is 55.1 Å². The van der Waals surface area contributed by atoms with E-state index < -0.39 is 5.54 Å². The molecule has 1 amide bonds. The number of thioether (sulfide) groups is 1. The van der Waals surface area contributed by atoms with E-state index in [9.17, 15) is 4.79 Å². The number of likely N-dealkylation sites (N-methyl/N-ethyl adjacent to an activating group) is 1. The van der Waals surface area contributed by atoms with Crippen molar-refractivity contribution >= 4 is 17.7 Å². The van der Waals surface area contributed by atoms with E-state index in [0.29, 0.717) is 0 Å². The molecule has 1 rings (SSSR count). The van der Waals surface area contributed by atoms with Crippen molar-refractivity contribution in [2.75, 3.05) is 12.8 Å². The molecule has 4 heteroatoms. The fraction of sp³-hybridized carbons (Fsp3) is 0.417. The van der Waals surface area contributed by atoms with Crippen molar-refractivity contribution in [3.8, 4) is 0 Å². The lowest BCUT2D eigenvalue weighted by Crippen LogP contribution is -2.51. The molecule has 0 spiro atoms. The van der Waals surface area contributed by atoms with Crippen LogP contribution in [-0.2, 0) is 4.79 Å². The van der Waals surface area contributed by atoms with Crippen LogP contribution in [0.1, 0.15) is 13.3 Å². The third-order valence-corrected chi connectivity index (χ3v) is 3.72. The first-order valence-electron chi connectivity index (χ1n) is 5.25. The molecule has 0 radical (unpaired) electrons. The van der Waals surface area contributed by atoms with Crippen LogP contribution in [0.2, 0.25) is 0 Å². The van der Waals surface area contributed by atoms with E-state index in [0.717, 1.165) is 12.2 Å². The predicted octanol–water partition coefficient (Wildman–Crippen LogP) is 1.63. The second-order valence-corrected chi connectivity index (χ2v) is 5.03. The van der Waals surface area contributed by atoms with Crippen LogP contribution in [0.15, 0.2) is 35.2 Å². The number of carbonyl (C=O) groups is 1. The van der Waals surface area contributed by atoms with Crippen LogP contribution in [0, 0.1) is 0 Å². The monoisotopic (exact) mass is 238 g/mol. The van der Waals surface area contributed by atoms with Crippen LogP contribution in [-0.4, -0.2) is 24.2 Å². The molecule has 0 saturated heterocycles. The minimum atomic E-state index is -0.609. The number of rotatable bonds is 6. The Bertz CT molecular complexity index is 342. The van der Waals surface area contributed by atoms with E-state index in [1.807, 2.05) is 25.1 Å². The molecule has 88 valence electrons. The summed E-state index contributed by atoms with van der Waals surface area (Å²) in [5.41, 5.74) is 4.74. The Labute approximate surface area is 101 Å². The summed E-state index contributed by atoms with van der Waals surface area (Å²) < 4.78 is 0. The maximum Gasteiger partial charge on any atom is 0.237 e. The van der Waals surface area contributed by atoms with Gasteiger partial charge in [0.1, 0.15) is 0 Å². The minimum absolute atomic E-state index is 0.302. The number of carbonyl (C=O) groups excluding carboxylic acids is 1. The number of nitrogens with two attached hydrogens (primary N) is 1. The van der Waals surface area contributed by atoms with Crippen molar-refractivity contribution in [1.82, 2.24) is 5.32 Å². The Morgan fingerprint density at radius 1 is 1.44 bits per heavy atom. The summed E-state index contributed by atoms with van der Waals surface area (Å²) in [5.74, 6) is 0.563. The molecule has 1 atom stereocenters. The maximum absolute atomic E-state index is 11.2. The SMILES string of the molecule is CNC(C)(CCSc1ccccc1)C(N)=O. The summed E-state index contributed by atoms with van der Waals surface area (Å²) in [6.07, 6.45) is 0.721.